The number of carbonyl (C=O) groups is 2. The third-order valence-corrected chi connectivity index (χ3v) is 5.61. The summed E-state index contributed by atoms with van der Waals surface area (Å²) in [5.74, 6) is 1.20. The van der Waals surface area contributed by atoms with E-state index in [9.17, 15) is 9.59 Å². The summed E-state index contributed by atoms with van der Waals surface area (Å²) in [7, 11) is 3.20. The highest BCUT2D eigenvalue weighted by molar-refractivity contribution is 5.95. The Morgan fingerprint density at radius 1 is 0.706 bits per heavy atom. The van der Waals surface area contributed by atoms with Gasteiger partial charge >= 0.3 is 0 Å². The highest BCUT2D eigenvalue weighted by Crippen LogP contribution is 2.27. The Hall–Kier alpha value is -3.80. The fraction of sp³-hybridized carbons (Fsp3) is 0.286. The van der Waals surface area contributed by atoms with Crippen LogP contribution in [0, 0.1) is 0 Å². The monoisotopic (exact) mass is 460 g/mol. The molecule has 6 nitrogen and oxygen atoms in total. The van der Waals surface area contributed by atoms with Crippen molar-refractivity contribution in [3.63, 3.8) is 0 Å². The molecule has 178 valence electrons. The number of nitrogens with one attached hydrogen (secondary N) is 2. The number of methoxy groups -OCH3 is 2. The van der Waals surface area contributed by atoms with E-state index < -0.39 is 0 Å². The highest BCUT2D eigenvalue weighted by atomic mass is 16.5. The van der Waals surface area contributed by atoms with Gasteiger partial charge in [-0.05, 0) is 54.2 Å². The number of ether oxygens (including phenoxy) is 2. The first-order valence-electron chi connectivity index (χ1n) is 11.5. The van der Waals surface area contributed by atoms with Crippen LogP contribution in [0.25, 0.3) is 0 Å². The van der Waals surface area contributed by atoms with Gasteiger partial charge in [-0.25, -0.2) is 0 Å². The van der Waals surface area contributed by atoms with Gasteiger partial charge in [-0.3, -0.25) is 9.59 Å². The van der Waals surface area contributed by atoms with Gasteiger partial charge in [0.15, 0.2) is 11.5 Å². The molecule has 6 heteroatoms. The van der Waals surface area contributed by atoms with E-state index in [4.69, 9.17) is 9.47 Å². The normalized spacial score (nSPS) is 10.4. The van der Waals surface area contributed by atoms with E-state index in [-0.39, 0.29) is 11.8 Å². The molecule has 0 spiro atoms. The lowest BCUT2D eigenvalue weighted by atomic mass is 10.0. The molecule has 0 unspecified atom stereocenters. The van der Waals surface area contributed by atoms with Crippen molar-refractivity contribution in [2.24, 2.45) is 0 Å². The van der Waals surface area contributed by atoms with Crippen LogP contribution in [0.5, 0.6) is 11.5 Å². The van der Waals surface area contributed by atoms with Crippen molar-refractivity contribution in [2.75, 3.05) is 27.3 Å². The molecule has 3 aromatic rings. The van der Waals surface area contributed by atoms with Crippen LogP contribution in [0.2, 0.25) is 0 Å². The number of hydrogen-bond acceptors (Lipinski definition) is 4. The van der Waals surface area contributed by atoms with Crippen LogP contribution in [-0.4, -0.2) is 39.1 Å². The lowest BCUT2D eigenvalue weighted by Gasteiger charge is -2.11. The second-order valence-electron chi connectivity index (χ2n) is 7.94. The van der Waals surface area contributed by atoms with E-state index in [2.05, 4.69) is 10.6 Å². The minimum atomic E-state index is -0.111. The molecule has 0 heterocycles. The third kappa shape index (κ3) is 7.37. The second kappa shape index (κ2) is 13.0. The summed E-state index contributed by atoms with van der Waals surface area (Å²) >= 11 is 0. The molecule has 2 amide bonds. The average Bonchev–Trinajstić information content (AvgIpc) is 2.88. The van der Waals surface area contributed by atoms with Crippen molar-refractivity contribution in [1.29, 1.82) is 0 Å². The molecular formula is C28H32N2O4. The fourth-order valence-electron chi connectivity index (χ4n) is 3.74. The summed E-state index contributed by atoms with van der Waals surface area (Å²) in [4.78, 5) is 25.1. The average molecular weight is 461 g/mol. The van der Waals surface area contributed by atoms with Gasteiger partial charge in [-0.1, -0.05) is 54.6 Å². The number of rotatable bonds is 12. The van der Waals surface area contributed by atoms with Crippen molar-refractivity contribution in [3.05, 3.63) is 95.1 Å². The molecule has 0 aromatic heterocycles. The maximum Gasteiger partial charge on any atom is 0.251 e. The van der Waals surface area contributed by atoms with Gasteiger partial charge in [0.2, 0.25) is 5.91 Å². The van der Waals surface area contributed by atoms with Crippen LogP contribution in [0.1, 0.15) is 33.5 Å². The van der Waals surface area contributed by atoms with E-state index in [1.807, 2.05) is 72.8 Å². The number of benzene rings is 3. The molecule has 0 aliphatic rings. The van der Waals surface area contributed by atoms with Gasteiger partial charge in [0.25, 0.3) is 5.91 Å². The molecule has 0 saturated carbocycles. The summed E-state index contributed by atoms with van der Waals surface area (Å²) in [5, 5.41) is 5.94. The quantitative estimate of drug-likeness (QED) is 0.429. The zero-order valence-electron chi connectivity index (χ0n) is 19.8. The van der Waals surface area contributed by atoms with Gasteiger partial charge in [0, 0.05) is 25.1 Å². The number of hydrogen-bond donors (Lipinski definition) is 2. The topological polar surface area (TPSA) is 76.7 Å². The van der Waals surface area contributed by atoms with Crippen molar-refractivity contribution < 1.29 is 19.1 Å². The molecule has 0 radical (unpaired) electrons. The Bertz CT molecular complexity index is 1080. The molecular weight excluding hydrogens is 428 g/mol. The van der Waals surface area contributed by atoms with Crippen LogP contribution in [-0.2, 0) is 24.1 Å². The van der Waals surface area contributed by atoms with E-state index in [0.717, 1.165) is 17.5 Å². The number of amides is 2. The molecule has 0 bridgehead atoms. The summed E-state index contributed by atoms with van der Waals surface area (Å²) < 4.78 is 10.6. The molecule has 0 aliphatic carbocycles. The van der Waals surface area contributed by atoms with Crippen LogP contribution in [0.3, 0.4) is 0 Å². The maximum absolute atomic E-state index is 12.7. The number of carbonyl (C=O) groups excluding carboxylic acids is 2. The molecule has 3 aromatic carbocycles. The van der Waals surface area contributed by atoms with Gasteiger partial charge in [0.1, 0.15) is 0 Å². The summed E-state index contributed by atoms with van der Waals surface area (Å²) in [6.07, 6.45) is 2.29. The van der Waals surface area contributed by atoms with E-state index in [0.29, 0.717) is 49.4 Å². The van der Waals surface area contributed by atoms with Crippen molar-refractivity contribution in [2.45, 2.75) is 25.7 Å². The first-order chi connectivity index (χ1) is 16.6. The van der Waals surface area contributed by atoms with Crippen molar-refractivity contribution >= 4 is 11.8 Å². The van der Waals surface area contributed by atoms with E-state index in [1.165, 1.54) is 5.56 Å². The van der Waals surface area contributed by atoms with E-state index >= 15 is 0 Å². The summed E-state index contributed by atoms with van der Waals surface area (Å²) in [5.41, 5.74) is 3.72. The first-order valence-corrected chi connectivity index (χ1v) is 11.5. The molecule has 2 N–H and O–H groups in total. The lowest BCUT2D eigenvalue weighted by molar-refractivity contribution is -0.121. The molecule has 0 aliphatic heterocycles. The molecule has 0 fully saturated rings. The third-order valence-electron chi connectivity index (χ3n) is 5.61. The Morgan fingerprint density at radius 3 is 2.15 bits per heavy atom. The van der Waals surface area contributed by atoms with Crippen molar-refractivity contribution in [3.8, 4) is 11.5 Å². The van der Waals surface area contributed by atoms with Crippen LogP contribution in [0.15, 0.2) is 72.8 Å². The zero-order chi connectivity index (χ0) is 24.2. The van der Waals surface area contributed by atoms with Gasteiger partial charge in [0.05, 0.1) is 14.2 Å². The predicted octanol–water partition coefficient (Wildman–Crippen LogP) is 3.97. The standard InChI is InChI=1S/C28H32N2O4/c1-33-25-14-12-22(20-26(25)34-2)17-18-29-27(31)15-13-23-10-6-7-11-24(23)28(32)30-19-16-21-8-4-3-5-9-21/h3-12,14,20H,13,15-19H2,1-2H3,(H,29,31)(H,30,32). The van der Waals surface area contributed by atoms with Crippen LogP contribution in [0.4, 0.5) is 0 Å². The Labute approximate surface area is 201 Å². The van der Waals surface area contributed by atoms with Crippen molar-refractivity contribution in [1.82, 2.24) is 10.6 Å². The minimum Gasteiger partial charge on any atom is -0.493 e. The second-order valence-corrected chi connectivity index (χ2v) is 7.94. The van der Waals surface area contributed by atoms with Crippen LogP contribution >= 0.6 is 0 Å². The summed E-state index contributed by atoms with van der Waals surface area (Å²) in [6, 6.07) is 23.2. The molecule has 3 rings (SSSR count). The zero-order valence-corrected chi connectivity index (χ0v) is 19.8. The predicted molar refractivity (Wildman–Crippen MR) is 134 cm³/mol. The molecule has 34 heavy (non-hydrogen) atoms. The Morgan fingerprint density at radius 2 is 1.38 bits per heavy atom. The maximum atomic E-state index is 12.7. The largest absolute Gasteiger partial charge is 0.493 e. The summed E-state index contributed by atoms with van der Waals surface area (Å²) in [6.45, 7) is 1.09. The van der Waals surface area contributed by atoms with E-state index in [1.54, 1.807) is 14.2 Å². The highest BCUT2D eigenvalue weighted by Gasteiger charge is 2.12. The smallest absolute Gasteiger partial charge is 0.251 e. The first kappa shape index (κ1) is 24.8. The lowest BCUT2D eigenvalue weighted by Crippen LogP contribution is -2.28. The number of aryl methyl sites for hydroxylation is 1. The molecule has 0 atom stereocenters. The van der Waals surface area contributed by atoms with Gasteiger partial charge < -0.3 is 20.1 Å². The van der Waals surface area contributed by atoms with Gasteiger partial charge in [-0.2, -0.15) is 0 Å². The molecule has 0 saturated heterocycles. The Kier molecular flexibility index (Phi) is 9.52. The fourth-order valence-corrected chi connectivity index (χ4v) is 3.74. The minimum absolute atomic E-state index is 0.0419. The Balaban J connectivity index is 1.45. The SMILES string of the molecule is COc1ccc(CCNC(=O)CCc2ccccc2C(=O)NCCc2ccccc2)cc1OC. The van der Waals surface area contributed by atoms with Crippen LogP contribution < -0.4 is 20.1 Å². The van der Waals surface area contributed by atoms with Gasteiger partial charge in [-0.15, -0.1) is 0 Å².